The van der Waals surface area contributed by atoms with Crippen molar-refractivity contribution in [3.05, 3.63) is 23.8 Å². The van der Waals surface area contributed by atoms with Gasteiger partial charge in [0.2, 0.25) is 0 Å². The topological polar surface area (TPSA) is 56.0 Å². The fourth-order valence-electron chi connectivity index (χ4n) is 1.48. The summed E-state index contributed by atoms with van der Waals surface area (Å²) in [6.07, 6.45) is -0.508. The largest absolute Gasteiger partial charge is 0.391 e. The van der Waals surface area contributed by atoms with Crippen LogP contribution in [0.5, 0.6) is 0 Å². The summed E-state index contributed by atoms with van der Waals surface area (Å²) < 4.78 is 0. The Labute approximate surface area is 113 Å². The van der Waals surface area contributed by atoms with Gasteiger partial charge in [-0.3, -0.25) is 0 Å². The van der Waals surface area contributed by atoms with Crippen LogP contribution in [-0.4, -0.2) is 22.5 Å². The molecule has 0 aliphatic rings. The molecule has 0 spiro atoms. The molecule has 2 N–H and O–H groups in total. The van der Waals surface area contributed by atoms with Crippen LogP contribution in [0.4, 0.5) is 5.69 Å². The lowest BCUT2D eigenvalue weighted by atomic mass is 9.97. The van der Waals surface area contributed by atoms with Crippen LogP contribution in [0, 0.1) is 11.3 Å². The summed E-state index contributed by atoms with van der Waals surface area (Å²) in [4.78, 5) is 0.978. The van der Waals surface area contributed by atoms with E-state index in [1.807, 2.05) is 32.0 Å². The number of thioether (sulfide) groups is 1. The smallest absolute Gasteiger partial charge is 0.102 e. The van der Waals surface area contributed by atoms with Gasteiger partial charge in [-0.2, -0.15) is 5.26 Å². The van der Waals surface area contributed by atoms with Gasteiger partial charge in [-0.05, 0) is 38.7 Å². The third-order valence-electron chi connectivity index (χ3n) is 2.94. The maximum absolute atomic E-state index is 9.73. The van der Waals surface area contributed by atoms with Gasteiger partial charge in [-0.1, -0.05) is 13.0 Å². The lowest BCUT2D eigenvalue weighted by Gasteiger charge is -2.31. The highest BCUT2D eigenvalue weighted by molar-refractivity contribution is 7.99. The number of anilines is 1. The van der Waals surface area contributed by atoms with Crippen molar-refractivity contribution in [2.45, 2.75) is 44.2 Å². The van der Waals surface area contributed by atoms with Crippen molar-refractivity contribution >= 4 is 17.4 Å². The minimum atomic E-state index is -0.508. The molecule has 1 atom stereocenters. The van der Waals surface area contributed by atoms with Crippen molar-refractivity contribution in [3.63, 3.8) is 0 Å². The van der Waals surface area contributed by atoms with Gasteiger partial charge in [0.25, 0.3) is 0 Å². The Morgan fingerprint density at radius 3 is 2.67 bits per heavy atom. The van der Waals surface area contributed by atoms with Crippen LogP contribution in [0.25, 0.3) is 0 Å². The first kappa shape index (κ1) is 14.9. The third kappa shape index (κ3) is 3.41. The van der Waals surface area contributed by atoms with E-state index in [0.29, 0.717) is 5.56 Å². The molecule has 0 radical (unpaired) electrons. The van der Waals surface area contributed by atoms with Crippen molar-refractivity contribution in [3.8, 4) is 6.07 Å². The molecule has 18 heavy (non-hydrogen) atoms. The number of benzene rings is 1. The first-order valence-electron chi connectivity index (χ1n) is 6.04. The molecule has 0 aliphatic heterocycles. The summed E-state index contributed by atoms with van der Waals surface area (Å²) in [5.41, 5.74) is 0.959. The van der Waals surface area contributed by atoms with Gasteiger partial charge in [0.1, 0.15) is 6.07 Å². The standard InChI is InChI=1S/C14H20N2OS/c1-5-18-13-8-6-7-12(11(13)9-15)16-14(3,4)10(2)17/h6-8,10,16-17H,5H2,1-4H3. The molecule has 0 aromatic heterocycles. The zero-order valence-corrected chi connectivity index (χ0v) is 12.1. The normalized spacial score (nSPS) is 12.9. The van der Waals surface area contributed by atoms with Gasteiger partial charge in [0.05, 0.1) is 22.9 Å². The minimum Gasteiger partial charge on any atom is -0.391 e. The van der Waals surface area contributed by atoms with Gasteiger partial charge in [0.15, 0.2) is 0 Å². The van der Waals surface area contributed by atoms with Crippen molar-refractivity contribution < 1.29 is 5.11 Å². The van der Waals surface area contributed by atoms with Crippen LogP contribution in [0.3, 0.4) is 0 Å². The molecule has 0 saturated heterocycles. The Kier molecular flexibility index (Phi) is 5.06. The summed E-state index contributed by atoms with van der Waals surface area (Å²) in [6, 6.07) is 8.00. The fraction of sp³-hybridized carbons (Fsp3) is 0.500. The molecule has 0 fully saturated rings. The number of nitrogens with one attached hydrogen (secondary N) is 1. The molecule has 3 nitrogen and oxygen atoms in total. The van der Waals surface area contributed by atoms with Gasteiger partial charge in [-0.15, -0.1) is 11.8 Å². The first-order chi connectivity index (χ1) is 8.42. The maximum atomic E-state index is 9.73. The van der Waals surface area contributed by atoms with Crippen LogP contribution in [0.1, 0.15) is 33.3 Å². The highest BCUT2D eigenvalue weighted by Crippen LogP contribution is 2.30. The van der Waals surface area contributed by atoms with E-state index in [9.17, 15) is 10.4 Å². The molecule has 0 saturated carbocycles. The Hall–Kier alpha value is -1.18. The molecule has 1 aromatic carbocycles. The molecule has 0 aliphatic carbocycles. The second kappa shape index (κ2) is 6.12. The fourth-order valence-corrected chi connectivity index (χ4v) is 2.26. The summed E-state index contributed by atoms with van der Waals surface area (Å²) in [7, 11) is 0. The molecule has 0 heterocycles. The van der Waals surface area contributed by atoms with Gasteiger partial charge in [0, 0.05) is 4.90 Å². The van der Waals surface area contributed by atoms with Crippen LogP contribution in [0.15, 0.2) is 23.1 Å². The average molecular weight is 264 g/mol. The number of rotatable bonds is 5. The molecular formula is C14H20N2OS. The van der Waals surface area contributed by atoms with E-state index in [-0.39, 0.29) is 0 Å². The predicted octanol–water partition coefficient (Wildman–Crippen LogP) is 3.24. The summed E-state index contributed by atoms with van der Waals surface area (Å²) >= 11 is 1.65. The SMILES string of the molecule is CCSc1cccc(NC(C)(C)C(C)O)c1C#N. The third-order valence-corrected chi connectivity index (χ3v) is 3.88. The van der Waals surface area contributed by atoms with E-state index >= 15 is 0 Å². The van der Waals surface area contributed by atoms with Crippen LogP contribution in [0.2, 0.25) is 0 Å². The highest BCUT2D eigenvalue weighted by Gasteiger charge is 2.25. The van der Waals surface area contributed by atoms with E-state index < -0.39 is 11.6 Å². The minimum absolute atomic E-state index is 0.471. The highest BCUT2D eigenvalue weighted by atomic mass is 32.2. The Bertz CT molecular complexity index is 450. The molecule has 98 valence electrons. The van der Waals surface area contributed by atoms with Crippen LogP contribution >= 0.6 is 11.8 Å². The first-order valence-corrected chi connectivity index (χ1v) is 7.03. The van der Waals surface area contributed by atoms with Crippen molar-refractivity contribution in [2.24, 2.45) is 0 Å². The second-order valence-corrected chi connectivity index (χ2v) is 6.05. The number of hydrogen-bond acceptors (Lipinski definition) is 4. The summed E-state index contributed by atoms with van der Waals surface area (Å²) in [5, 5.41) is 22.3. The van der Waals surface area contributed by atoms with Gasteiger partial charge in [-0.25, -0.2) is 0 Å². The van der Waals surface area contributed by atoms with Crippen molar-refractivity contribution in [1.29, 1.82) is 5.26 Å². The number of nitrogens with zero attached hydrogens (tertiary/aromatic N) is 1. The van der Waals surface area contributed by atoms with Crippen LogP contribution < -0.4 is 5.32 Å². The Balaban J connectivity index is 3.10. The summed E-state index contributed by atoms with van der Waals surface area (Å²) in [5.74, 6) is 0.929. The lowest BCUT2D eigenvalue weighted by molar-refractivity contribution is 0.133. The van der Waals surface area contributed by atoms with E-state index in [4.69, 9.17) is 0 Å². The Morgan fingerprint density at radius 1 is 1.50 bits per heavy atom. The molecular weight excluding hydrogens is 244 g/mol. The zero-order valence-electron chi connectivity index (χ0n) is 11.3. The Morgan fingerprint density at radius 2 is 2.17 bits per heavy atom. The molecule has 1 rings (SSSR count). The number of hydrogen-bond donors (Lipinski definition) is 2. The van der Waals surface area contributed by atoms with E-state index in [1.165, 1.54) is 0 Å². The van der Waals surface area contributed by atoms with Gasteiger partial charge < -0.3 is 10.4 Å². The summed E-state index contributed by atoms with van der Waals surface area (Å²) in [6.45, 7) is 7.63. The van der Waals surface area contributed by atoms with E-state index in [1.54, 1.807) is 18.7 Å². The lowest BCUT2D eigenvalue weighted by Crippen LogP contribution is -2.42. The number of aliphatic hydroxyl groups excluding tert-OH is 1. The van der Waals surface area contributed by atoms with E-state index in [0.717, 1.165) is 16.3 Å². The zero-order chi connectivity index (χ0) is 13.8. The molecule has 1 unspecified atom stereocenters. The maximum Gasteiger partial charge on any atom is 0.102 e. The number of nitriles is 1. The molecule has 1 aromatic rings. The van der Waals surface area contributed by atoms with Crippen molar-refractivity contribution in [2.75, 3.05) is 11.1 Å². The quantitative estimate of drug-likeness (QED) is 0.802. The average Bonchev–Trinajstić information content (AvgIpc) is 2.29. The van der Waals surface area contributed by atoms with E-state index in [2.05, 4.69) is 18.3 Å². The molecule has 4 heteroatoms. The second-order valence-electron chi connectivity index (χ2n) is 4.75. The number of aliphatic hydroxyl groups is 1. The van der Waals surface area contributed by atoms with Gasteiger partial charge >= 0.3 is 0 Å². The molecule has 0 amide bonds. The van der Waals surface area contributed by atoms with Crippen LogP contribution in [-0.2, 0) is 0 Å². The monoisotopic (exact) mass is 264 g/mol. The predicted molar refractivity (Wildman–Crippen MR) is 76.9 cm³/mol. The van der Waals surface area contributed by atoms with Crippen molar-refractivity contribution in [1.82, 2.24) is 0 Å². The molecule has 0 bridgehead atoms.